The fraction of sp³-hybridized carbons (Fsp3) is 0.346. The minimum absolute atomic E-state index is 0.0903. The van der Waals surface area contributed by atoms with Gasteiger partial charge < -0.3 is 10.1 Å². The van der Waals surface area contributed by atoms with Gasteiger partial charge in [-0.15, -0.1) is 17.8 Å². The van der Waals surface area contributed by atoms with Crippen LogP contribution in [-0.4, -0.2) is 18.1 Å². The van der Waals surface area contributed by atoms with Crippen LogP contribution in [0.3, 0.4) is 0 Å². The Morgan fingerprint density at radius 1 is 1.28 bits per heavy atom. The number of aromatic nitrogens is 1. The number of nitrogens with zero attached hydrogens (tertiary/aromatic N) is 1. The number of nitrogens with one attached hydrogen (secondary N) is 1. The van der Waals surface area contributed by atoms with Crippen LogP contribution in [0.2, 0.25) is 5.02 Å². The van der Waals surface area contributed by atoms with Crippen LogP contribution in [0.4, 0.5) is 9.52 Å². The van der Waals surface area contributed by atoms with Gasteiger partial charge >= 0.3 is 0 Å². The summed E-state index contributed by atoms with van der Waals surface area (Å²) in [6, 6.07) is 10.3. The van der Waals surface area contributed by atoms with Gasteiger partial charge in [-0.05, 0) is 61.6 Å². The summed E-state index contributed by atoms with van der Waals surface area (Å²) in [5.41, 5.74) is 3.76. The van der Waals surface area contributed by atoms with E-state index in [0.717, 1.165) is 44.6 Å². The molecule has 2 aromatic carbocycles. The lowest BCUT2D eigenvalue weighted by molar-refractivity contribution is 0.412. The van der Waals surface area contributed by atoms with Crippen molar-refractivity contribution < 1.29 is 9.13 Å². The summed E-state index contributed by atoms with van der Waals surface area (Å²) in [5, 5.41) is 4.83. The molecule has 0 saturated heterocycles. The summed E-state index contributed by atoms with van der Waals surface area (Å²) in [7, 11) is 1.63. The number of benzene rings is 2. The smallest absolute Gasteiger partial charge is 0.184 e. The Morgan fingerprint density at radius 3 is 2.62 bits per heavy atom. The number of ether oxygens (including phenoxy) is 1. The monoisotopic (exact) mass is 468 g/mol. The molecule has 1 aliphatic carbocycles. The first-order valence-electron chi connectivity index (χ1n) is 10.7. The van der Waals surface area contributed by atoms with Crippen LogP contribution < -0.4 is 10.1 Å². The second-order valence-corrected chi connectivity index (χ2v) is 9.96. The van der Waals surface area contributed by atoms with Crippen molar-refractivity contribution in [3.63, 3.8) is 0 Å². The molecule has 0 bridgehead atoms. The van der Waals surface area contributed by atoms with E-state index in [2.05, 4.69) is 11.2 Å². The lowest BCUT2D eigenvalue weighted by Crippen LogP contribution is -2.26. The minimum Gasteiger partial charge on any atom is -0.496 e. The minimum atomic E-state index is -0.243. The molecule has 2 atom stereocenters. The SMILES string of the molecule is C#CC(Nc1nc(-c2cc(C)c(OC)cc2Cl)c(C)s1)C(CC1CC1)c1ccc(F)cc1. The number of aryl methyl sites for hydroxylation is 2. The van der Waals surface area contributed by atoms with Crippen LogP contribution in [0, 0.1) is 37.9 Å². The van der Waals surface area contributed by atoms with Gasteiger partial charge in [0.15, 0.2) is 5.13 Å². The highest BCUT2D eigenvalue weighted by Crippen LogP contribution is 2.42. The van der Waals surface area contributed by atoms with E-state index in [-0.39, 0.29) is 17.8 Å². The van der Waals surface area contributed by atoms with Crippen molar-refractivity contribution in [3.8, 4) is 29.4 Å². The van der Waals surface area contributed by atoms with Crippen molar-refractivity contribution in [2.75, 3.05) is 12.4 Å². The molecule has 3 nitrogen and oxygen atoms in total. The van der Waals surface area contributed by atoms with E-state index >= 15 is 0 Å². The van der Waals surface area contributed by atoms with E-state index in [4.69, 9.17) is 27.7 Å². The van der Waals surface area contributed by atoms with Crippen LogP contribution in [0.25, 0.3) is 11.3 Å². The Balaban J connectivity index is 1.62. The molecule has 1 aliphatic rings. The lowest BCUT2D eigenvalue weighted by atomic mass is 9.87. The van der Waals surface area contributed by atoms with Crippen LogP contribution in [0.5, 0.6) is 5.75 Å². The lowest BCUT2D eigenvalue weighted by Gasteiger charge is -2.24. The van der Waals surface area contributed by atoms with Crippen molar-refractivity contribution in [1.29, 1.82) is 0 Å². The molecule has 1 N–H and O–H groups in total. The van der Waals surface area contributed by atoms with Gasteiger partial charge in [0.2, 0.25) is 0 Å². The molecule has 0 amide bonds. The zero-order valence-corrected chi connectivity index (χ0v) is 20.0. The third kappa shape index (κ3) is 4.92. The summed E-state index contributed by atoms with van der Waals surface area (Å²) in [4.78, 5) is 5.89. The molecule has 1 heterocycles. The molecular weight excluding hydrogens is 443 g/mol. The number of rotatable bonds is 8. The van der Waals surface area contributed by atoms with Crippen molar-refractivity contribution in [1.82, 2.24) is 4.98 Å². The number of thiazole rings is 1. The van der Waals surface area contributed by atoms with Crippen molar-refractivity contribution >= 4 is 28.1 Å². The van der Waals surface area contributed by atoms with Crippen LogP contribution in [0.1, 0.15) is 41.2 Å². The van der Waals surface area contributed by atoms with Crippen LogP contribution >= 0.6 is 22.9 Å². The van der Waals surface area contributed by atoms with Gasteiger partial charge in [0, 0.05) is 16.4 Å². The molecule has 1 fully saturated rings. The molecule has 3 aromatic rings. The number of methoxy groups -OCH3 is 1. The maximum atomic E-state index is 13.5. The first-order chi connectivity index (χ1) is 15.4. The molecule has 2 unspecified atom stereocenters. The first kappa shape index (κ1) is 22.6. The highest BCUT2D eigenvalue weighted by molar-refractivity contribution is 7.16. The third-order valence-corrected chi connectivity index (χ3v) is 7.19. The van der Waals surface area contributed by atoms with Gasteiger partial charge in [0.25, 0.3) is 0 Å². The van der Waals surface area contributed by atoms with Gasteiger partial charge in [0.05, 0.1) is 23.9 Å². The number of anilines is 1. The average molecular weight is 469 g/mol. The van der Waals surface area contributed by atoms with Crippen LogP contribution in [0.15, 0.2) is 36.4 Å². The Labute approximate surface area is 198 Å². The van der Waals surface area contributed by atoms with Gasteiger partial charge in [-0.2, -0.15) is 0 Å². The first-order valence-corrected chi connectivity index (χ1v) is 11.9. The largest absolute Gasteiger partial charge is 0.496 e. The molecule has 166 valence electrons. The maximum Gasteiger partial charge on any atom is 0.184 e. The molecule has 4 rings (SSSR count). The fourth-order valence-electron chi connectivity index (χ4n) is 4.05. The number of hydrogen-bond acceptors (Lipinski definition) is 4. The van der Waals surface area contributed by atoms with E-state index in [1.54, 1.807) is 18.4 Å². The summed E-state index contributed by atoms with van der Waals surface area (Å²) in [6.45, 7) is 4.01. The standard InChI is InChI=1S/C26H26ClFN2OS/c1-5-23(20(13-17-6-7-17)18-8-10-19(28)11-9-18)29-26-30-25(16(3)32-26)21-12-15(2)24(31-4)14-22(21)27/h1,8-12,14,17,20,23H,6-7,13H2,2-4H3,(H,29,30). The topological polar surface area (TPSA) is 34.2 Å². The Kier molecular flexibility index (Phi) is 6.74. The van der Waals surface area contributed by atoms with Crippen molar-refractivity contribution in [2.24, 2.45) is 5.92 Å². The van der Waals surface area contributed by atoms with Gasteiger partial charge in [-0.25, -0.2) is 9.37 Å². The Hall–Kier alpha value is -2.55. The molecule has 0 radical (unpaired) electrons. The van der Waals surface area contributed by atoms with Gasteiger partial charge in [0.1, 0.15) is 11.6 Å². The third-order valence-electron chi connectivity index (χ3n) is 5.98. The van der Waals surface area contributed by atoms with Gasteiger partial charge in [-0.1, -0.05) is 42.5 Å². The highest BCUT2D eigenvalue weighted by atomic mass is 35.5. The normalized spacial score (nSPS) is 15.1. The highest BCUT2D eigenvalue weighted by Gasteiger charge is 2.31. The Morgan fingerprint density at radius 2 is 2.00 bits per heavy atom. The summed E-state index contributed by atoms with van der Waals surface area (Å²) in [6.07, 6.45) is 9.41. The van der Waals surface area contributed by atoms with Crippen LogP contribution in [-0.2, 0) is 0 Å². The molecular formula is C26H26ClFN2OS. The predicted molar refractivity (Wildman–Crippen MR) is 131 cm³/mol. The second-order valence-electron chi connectivity index (χ2n) is 8.35. The summed E-state index contributed by atoms with van der Waals surface area (Å²) in [5.74, 6) is 4.20. The maximum absolute atomic E-state index is 13.5. The summed E-state index contributed by atoms with van der Waals surface area (Å²) < 4.78 is 18.9. The Bertz CT molecular complexity index is 1150. The molecule has 1 saturated carbocycles. The zero-order valence-electron chi connectivity index (χ0n) is 18.4. The summed E-state index contributed by atoms with van der Waals surface area (Å²) >= 11 is 8.10. The molecule has 6 heteroatoms. The van der Waals surface area contributed by atoms with E-state index in [1.165, 1.54) is 25.0 Å². The van der Waals surface area contributed by atoms with Gasteiger partial charge in [-0.3, -0.25) is 0 Å². The average Bonchev–Trinajstić information content (AvgIpc) is 3.53. The number of halogens is 2. The van der Waals surface area contributed by atoms with Crippen molar-refractivity contribution in [3.05, 3.63) is 63.2 Å². The van der Waals surface area contributed by atoms with E-state index < -0.39 is 0 Å². The molecule has 0 spiro atoms. The number of hydrogen-bond donors (Lipinski definition) is 1. The molecule has 32 heavy (non-hydrogen) atoms. The molecule has 0 aliphatic heterocycles. The van der Waals surface area contributed by atoms with Crippen molar-refractivity contribution in [2.45, 2.75) is 45.1 Å². The fourth-order valence-corrected chi connectivity index (χ4v) is 5.16. The quantitative estimate of drug-likeness (QED) is 0.354. The van der Waals surface area contributed by atoms with E-state index in [1.807, 2.05) is 38.1 Å². The zero-order chi connectivity index (χ0) is 22.8. The van der Waals surface area contributed by atoms with E-state index in [9.17, 15) is 4.39 Å². The number of terminal acetylenes is 1. The molecule has 1 aromatic heterocycles. The van der Waals surface area contributed by atoms with E-state index in [0.29, 0.717) is 10.9 Å². The predicted octanol–water partition coefficient (Wildman–Crippen LogP) is 7.23. The second kappa shape index (κ2) is 9.52.